The number of aromatic hydroxyl groups is 1. The summed E-state index contributed by atoms with van der Waals surface area (Å²) in [5.41, 5.74) is 0.569. The molecule has 0 radical (unpaired) electrons. The van der Waals surface area contributed by atoms with Gasteiger partial charge in [-0.1, -0.05) is 17.7 Å². The fraction of sp³-hybridized carbons (Fsp3) is 0.364. The van der Waals surface area contributed by atoms with E-state index in [9.17, 15) is 9.90 Å². The lowest BCUT2D eigenvalue weighted by atomic mass is 10.2. The second-order valence-corrected chi connectivity index (χ2v) is 3.77. The topological polar surface area (TPSA) is 58.6 Å². The van der Waals surface area contributed by atoms with Gasteiger partial charge < -0.3 is 15.2 Å². The van der Waals surface area contributed by atoms with Gasteiger partial charge in [-0.05, 0) is 19.1 Å². The van der Waals surface area contributed by atoms with Gasteiger partial charge in [0.15, 0.2) is 0 Å². The Balaban J connectivity index is 2.64. The maximum atomic E-state index is 11.1. The third-order valence-corrected chi connectivity index (χ3v) is 2.59. The number of benzene rings is 1. The monoisotopic (exact) mass is 243 g/mol. The number of methoxy groups -OCH3 is 1. The van der Waals surface area contributed by atoms with Crippen LogP contribution >= 0.6 is 11.6 Å². The lowest BCUT2D eigenvalue weighted by Crippen LogP contribution is -2.34. The molecule has 1 aromatic carbocycles. The van der Waals surface area contributed by atoms with Gasteiger partial charge in [-0.3, -0.25) is 4.79 Å². The lowest BCUT2D eigenvalue weighted by Gasteiger charge is -2.13. The fourth-order valence-corrected chi connectivity index (χ4v) is 1.47. The number of halogens is 1. The predicted octanol–water partition coefficient (Wildman–Crippen LogP) is 1.70. The Kier molecular flexibility index (Phi) is 4.58. The van der Waals surface area contributed by atoms with E-state index in [0.29, 0.717) is 17.1 Å². The maximum absolute atomic E-state index is 11.1. The minimum atomic E-state index is -0.444. The summed E-state index contributed by atoms with van der Waals surface area (Å²) in [7, 11) is 1.33. The molecule has 4 nitrogen and oxygen atoms in total. The summed E-state index contributed by atoms with van der Waals surface area (Å²) in [6, 6.07) is 4.44. The van der Waals surface area contributed by atoms with E-state index in [2.05, 4.69) is 10.1 Å². The number of esters is 1. The molecule has 1 atom stereocenters. The number of carbonyl (C=O) groups is 1. The Bertz CT molecular complexity index is 361. The molecule has 0 aliphatic rings. The minimum absolute atomic E-state index is 0.108. The number of carbonyl (C=O) groups excluding carboxylic acids is 1. The highest BCUT2D eigenvalue weighted by Gasteiger charge is 2.13. The van der Waals surface area contributed by atoms with E-state index in [1.54, 1.807) is 25.1 Å². The number of hydrogen-bond acceptors (Lipinski definition) is 4. The first-order chi connectivity index (χ1) is 7.56. The molecule has 0 spiro atoms. The van der Waals surface area contributed by atoms with Crippen LogP contribution in [0.3, 0.4) is 0 Å². The van der Waals surface area contributed by atoms with Gasteiger partial charge >= 0.3 is 5.97 Å². The van der Waals surface area contributed by atoms with Crippen molar-refractivity contribution in [2.24, 2.45) is 0 Å². The SMILES string of the molecule is COC(=O)C(C)NCc1c(O)cccc1Cl. The zero-order valence-electron chi connectivity index (χ0n) is 9.16. The second-order valence-electron chi connectivity index (χ2n) is 3.36. The van der Waals surface area contributed by atoms with E-state index in [4.69, 9.17) is 11.6 Å². The second kappa shape index (κ2) is 5.72. The molecular weight excluding hydrogens is 230 g/mol. The van der Waals surface area contributed by atoms with E-state index in [-0.39, 0.29) is 11.7 Å². The van der Waals surface area contributed by atoms with Crippen LogP contribution in [0.4, 0.5) is 0 Å². The normalized spacial score (nSPS) is 12.2. The van der Waals surface area contributed by atoms with Crippen molar-refractivity contribution >= 4 is 17.6 Å². The minimum Gasteiger partial charge on any atom is -0.508 e. The number of phenolic OH excluding ortho intramolecular Hbond substituents is 1. The van der Waals surface area contributed by atoms with Gasteiger partial charge in [-0.15, -0.1) is 0 Å². The molecule has 16 heavy (non-hydrogen) atoms. The molecule has 0 heterocycles. The summed E-state index contributed by atoms with van der Waals surface area (Å²) in [4.78, 5) is 11.1. The van der Waals surface area contributed by atoms with E-state index in [1.165, 1.54) is 7.11 Å². The molecule has 0 saturated heterocycles. The highest BCUT2D eigenvalue weighted by Crippen LogP contribution is 2.24. The molecule has 0 bridgehead atoms. The van der Waals surface area contributed by atoms with E-state index in [0.717, 1.165) is 0 Å². The third kappa shape index (κ3) is 3.12. The standard InChI is InChI=1S/C11H14ClNO3/c1-7(11(15)16-2)13-6-8-9(12)4-3-5-10(8)14/h3-5,7,13-14H,6H2,1-2H3. The summed E-state index contributed by atoms with van der Waals surface area (Å²) in [5, 5.41) is 12.9. The van der Waals surface area contributed by atoms with Gasteiger partial charge in [-0.25, -0.2) is 0 Å². The van der Waals surface area contributed by atoms with Crippen molar-refractivity contribution in [1.82, 2.24) is 5.32 Å². The van der Waals surface area contributed by atoms with Gasteiger partial charge in [-0.2, -0.15) is 0 Å². The van der Waals surface area contributed by atoms with Gasteiger partial charge in [0.25, 0.3) is 0 Å². The Morgan fingerprint density at radius 3 is 2.88 bits per heavy atom. The number of rotatable bonds is 4. The molecule has 0 amide bonds. The highest BCUT2D eigenvalue weighted by molar-refractivity contribution is 6.31. The van der Waals surface area contributed by atoms with Gasteiger partial charge in [0.05, 0.1) is 7.11 Å². The van der Waals surface area contributed by atoms with Crippen molar-refractivity contribution < 1.29 is 14.6 Å². The predicted molar refractivity (Wildman–Crippen MR) is 61.4 cm³/mol. The molecule has 1 unspecified atom stereocenters. The quantitative estimate of drug-likeness (QED) is 0.791. The first kappa shape index (κ1) is 12.8. The molecule has 0 saturated carbocycles. The first-order valence-corrected chi connectivity index (χ1v) is 5.21. The molecule has 0 aliphatic heterocycles. The Labute approximate surface area is 99.2 Å². The van der Waals surface area contributed by atoms with Crippen molar-refractivity contribution in [3.8, 4) is 5.75 Å². The molecular formula is C11H14ClNO3. The Morgan fingerprint density at radius 2 is 2.31 bits per heavy atom. The average molecular weight is 244 g/mol. The maximum Gasteiger partial charge on any atom is 0.322 e. The van der Waals surface area contributed by atoms with Crippen LogP contribution in [0, 0.1) is 0 Å². The Morgan fingerprint density at radius 1 is 1.62 bits per heavy atom. The summed E-state index contributed by atoms with van der Waals surface area (Å²) in [6.07, 6.45) is 0. The number of ether oxygens (including phenoxy) is 1. The third-order valence-electron chi connectivity index (χ3n) is 2.23. The number of phenols is 1. The smallest absolute Gasteiger partial charge is 0.322 e. The zero-order chi connectivity index (χ0) is 12.1. The average Bonchev–Trinajstić information content (AvgIpc) is 2.27. The van der Waals surface area contributed by atoms with Crippen molar-refractivity contribution in [2.45, 2.75) is 19.5 Å². The van der Waals surface area contributed by atoms with Crippen LogP contribution in [0.25, 0.3) is 0 Å². The summed E-state index contributed by atoms with van der Waals surface area (Å²) in [5.74, 6) is -0.247. The van der Waals surface area contributed by atoms with Gasteiger partial charge in [0.1, 0.15) is 11.8 Å². The van der Waals surface area contributed by atoms with Crippen LogP contribution in [-0.4, -0.2) is 24.2 Å². The van der Waals surface area contributed by atoms with Gasteiger partial charge in [0, 0.05) is 17.1 Å². The van der Waals surface area contributed by atoms with Crippen LogP contribution in [0.15, 0.2) is 18.2 Å². The molecule has 1 rings (SSSR count). The number of nitrogens with one attached hydrogen (secondary N) is 1. The van der Waals surface area contributed by atoms with Crippen molar-refractivity contribution in [3.05, 3.63) is 28.8 Å². The van der Waals surface area contributed by atoms with Crippen LogP contribution < -0.4 is 5.32 Å². The zero-order valence-corrected chi connectivity index (χ0v) is 9.91. The summed E-state index contributed by atoms with van der Waals surface area (Å²) in [6.45, 7) is 1.99. The van der Waals surface area contributed by atoms with Crippen LogP contribution in [0.1, 0.15) is 12.5 Å². The fourth-order valence-electron chi connectivity index (χ4n) is 1.24. The molecule has 0 aromatic heterocycles. The van der Waals surface area contributed by atoms with E-state index in [1.807, 2.05) is 0 Å². The summed E-state index contributed by atoms with van der Waals surface area (Å²) >= 11 is 5.91. The molecule has 5 heteroatoms. The lowest BCUT2D eigenvalue weighted by molar-refractivity contribution is -0.142. The van der Waals surface area contributed by atoms with Crippen LogP contribution in [0.2, 0.25) is 5.02 Å². The van der Waals surface area contributed by atoms with Crippen molar-refractivity contribution in [1.29, 1.82) is 0 Å². The van der Waals surface area contributed by atoms with Crippen LogP contribution in [0.5, 0.6) is 5.75 Å². The van der Waals surface area contributed by atoms with Crippen LogP contribution in [-0.2, 0) is 16.1 Å². The molecule has 88 valence electrons. The Hall–Kier alpha value is -1.26. The summed E-state index contributed by atoms with van der Waals surface area (Å²) < 4.78 is 4.56. The highest BCUT2D eigenvalue weighted by atomic mass is 35.5. The molecule has 0 aliphatic carbocycles. The van der Waals surface area contributed by atoms with Crippen molar-refractivity contribution in [3.63, 3.8) is 0 Å². The van der Waals surface area contributed by atoms with Gasteiger partial charge in [0.2, 0.25) is 0 Å². The molecule has 2 N–H and O–H groups in total. The largest absolute Gasteiger partial charge is 0.508 e. The molecule has 0 fully saturated rings. The van der Waals surface area contributed by atoms with E-state index < -0.39 is 6.04 Å². The van der Waals surface area contributed by atoms with Crippen molar-refractivity contribution in [2.75, 3.05) is 7.11 Å². The first-order valence-electron chi connectivity index (χ1n) is 4.83. The van der Waals surface area contributed by atoms with E-state index >= 15 is 0 Å². The number of hydrogen-bond donors (Lipinski definition) is 2. The molecule has 1 aromatic rings.